The smallest absolute Gasteiger partial charge is 0.254 e. The molecule has 0 unspecified atom stereocenters. The number of carbonyl (C=O) groups excluding carboxylic acids is 1. The highest BCUT2D eigenvalue weighted by Gasteiger charge is 2.18. The molecule has 0 aromatic heterocycles. The standard InChI is InChI=1S/C21H25FN2O/c1-15-6-5-13-24(14-15)18-11-9-17(10-12-18)16(2)23-21(25)19-7-3-4-8-20(19)22/h3-4,7-12,15-16H,5-6,13-14H2,1-2H3,(H,23,25)/t15-,16-/m1/s1. The molecule has 4 heteroatoms. The van der Waals surface area contributed by atoms with E-state index in [1.54, 1.807) is 12.1 Å². The van der Waals surface area contributed by atoms with Crippen LogP contribution in [0.5, 0.6) is 0 Å². The van der Waals surface area contributed by atoms with E-state index in [1.165, 1.54) is 30.7 Å². The summed E-state index contributed by atoms with van der Waals surface area (Å²) in [6, 6.07) is 14.2. The highest BCUT2D eigenvalue weighted by molar-refractivity contribution is 5.94. The van der Waals surface area contributed by atoms with Crippen molar-refractivity contribution in [3.8, 4) is 0 Å². The van der Waals surface area contributed by atoms with E-state index in [-0.39, 0.29) is 17.5 Å². The topological polar surface area (TPSA) is 32.3 Å². The highest BCUT2D eigenvalue weighted by atomic mass is 19.1. The van der Waals surface area contributed by atoms with Crippen LogP contribution in [0.2, 0.25) is 0 Å². The van der Waals surface area contributed by atoms with Gasteiger partial charge in [0.2, 0.25) is 0 Å². The molecule has 3 rings (SSSR count). The van der Waals surface area contributed by atoms with E-state index in [0.29, 0.717) is 0 Å². The Labute approximate surface area is 148 Å². The third-order valence-electron chi connectivity index (χ3n) is 4.88. The van der Waals surface area contributed by atoms with Gasteiger partial charge in [-0.15, -0.1) is 0 Å². The molecule has 1 heterocycles. The van der Waals surface area contributed by atoms with Crippen molar-refractivity contribution >= 4 is 11.6 Å². The molecule has 2 atom stereocenters. The van der Waals surface area contributed by atoms with Crippen molar-refractivity contribution < 1.29 is 9.18 Å². The van der Waals surface area contributed by atoms with Crippen LogP contribution in [0.3, 0.4) is 0 Å². The van der Waals surface area contributed by atoms with Gasteiger partial charge in [-0.3, -0.25) is 4.79 Å². The number of hydrogen-bond acceptors (Lipinski definition) is 2. The third kappa shape index (κ3) is 4.19. The minimum absolute atomic E-state index is 0.0771. The second-order valence-corrected chi connectivity index (χ2v) is 6.96. The Balaban J connectivity index is 1.65. The first-order valence-corrected chi connectivity index (χ1v) is 8.95. The maximum Gasteiger partial charge on any atom is 0.254 e. The van der Waals surface area contributed by atoms with Gasteiger partial charge < -0.3 is 10.2 Å². The molecule has 1 saturated heterocycles. The molecule has 3 nitrogen and oxygen atoms in total. The molecule has 1 aliphatic heterocycles. The first kappa shape index (κ1) is 17.5. The number of rotatable bonds is 4. The van der Waals surface area contributed by atoms with Gasteiger partial charge >= 0.3 is 0 Å². The molecule has 0 saturated carbocycles. The van der Waals surface area contributed by atoms with E-state index in [4.69, 9.17) is 0 Å². The molecule has 0 bridgehead atoms. The van der Waals surface area contributed by atoms with Crippen molar-refractivity contribution in [2.24, 2.45) is 5.92 Å². The molecule has 0 aliphatic carbocycles. The third-order valence-corrected chi connectivity index (χ3v) is 4.88. The zero-order valence-electron chi connectivity index (χ0n) is 14.8. The van der Waals surface area contributed by atoms with Crippen LogP contribution in [0.4, 0.5) is 10.1 Å². The molecule has 25 heavy (non-hydrogen) atoms. The molecule has 1 N–H and O–H groups in total. The van der Waals surface area contributed by atoms with Gasteiger partial charge in [0, 0.05) is 18.8 Å². The average Bonchev–Trinajstić information content (AvgIpc) is 2.62. The zero-order chi connectivity index (χ0) is 17.8. The number of nitrogens with zero attached hydrogens (tertiary/aromatic N) is 1. The summed E-state index contributed by atoms with van der Waals surface area (Å²) in [6.07, 6.45) is 2.53. The first-order valence-electron chi connectivity index (χ1n) is 8.95. The number of carbonyl (C=O) groups is 1. The van der Waals surface area contributed by atoms with Gasteiger partial charge in [0.15, 0.2) is 0 Å². The van der Waals surface area contributed by atoms with E-state index in [2.05, 4.69) is 29.3 Å². The second kappa shape index (κ2) is 7.68. The van der Waals surface area contributed by atoms with Gasteiger partial charge in [0.1, 0.15) is 5.82 Å². The predicted molar refractivity (Wildman–Crippen MR) is 99.3 cm³/mol. The van der Waals surface area contributed by atoms with E-state index in [9.17, 15) is 9.18 Å². The van der Waals surface area contributed by atoms with Crippen LogP contribution >= 0.6 is 0 Å². The van der Waals surface area contributed by atoms with Gasteiger partial charge in [-0.25, -0.2) is 4.39 Å². The summed E-state index contributed by atoms with van der Waals surface area (Å²) in [5, 5.41) is 2.87. The first-order chi connectivity index (χ1) is 12.0. The maximum atomic E-state index is 13.7. The Hall–Kier alpha value is -2.36. The number of nitrogens with one attached hydrogen (secondary N) is 1. The Morgan fingerprint density at radius 3 is 2.60 bits per heavy atom. The number of halogens is 1. The average molecular weight is 340 g/mol. The van der Waals surface area contributed by atoms with Crippen LogP contribution in [-0.2, 0) is 0 Å². The zero-order valence-corrected chi connectivity index (χ0v) is 14.8. The van der Waals surface area contributed by atoms with Gasteiger partial charge in [-0.05, 0) is 55.5 Å². The van der Waals surface area contributed by atoms with Crippen LogP contribution in [-0.4, -0.2) is 19.0 Å². The number of hydrogen-bond donors (Lipinski definition) is 1. The van der Waals surface area contributed by atoms with Crippen molar-refractivity contribution in [2.45, 2.75) is 32.7 Å². The molecule has 1 fully saturated rings. The summed E-state index contributed by atoms with van der Waals surface area (Å²) in [5.41, 5.74) is 2.31. The van der Waals surface area contributed by atoms with Crippen LogP contribution < -0.4 is 10.2 Å². The van der Waals surface area contributed by atoms with Crippen molar-refractivity contribution in [1.29, 1.82) is 0 Å². The summed E-state index contributed by atoms with van der Waals surface area (Å²) in [4.78, 5) is 14.7. The van der Waals surface area contributed by atoms with E-state index in [1.807, 2.05) is 19.1 Å². The number of piperidine rings is 1. The molecule has 132 valence electrons. The lowest BCUT2D eigenvalue weighted by molar-refractivity contribution is 0.0936. The number of benzene rings is 2. The minimum Gasteiger partial charge on any atom is -0.371 e. The molecule has 0 spiro atoms. The lowest BCUT2D eigenvalue weighted by Crippen LogP contribution is -2.34. The SMILES string of the molecule is C[C@@H]1CCCN(c2ccc([C@@H](C)NC(=O)c3ccccc3F)cc2)C1. The van der Waals surface area contributed by atoms with Crippen LogP contribution in [0.25, 0.3) is 0 Å². The molecule has 1 aliphatic rings. The van der Waals surface area contributed by atoms with Crippen molar-refractivity contribution in [1.82, 2.24) is 5.32 Å². The number of amides is 1. The maximum absolute atomic E-state index is 13.7. The molecule has 0 radical (unpaired) electrons. The van der Waals surface area contributed by atoms with E-state index < -0.39 is 5.82 Å². The summed E-state index contributed by atoms with van der Waals surface area (Å²) >= 11 is 0. The van der Waals surface area contributed by atoms with Gasteiger partial charge in [-0.2, -0.15) is 0 Å². The van der Waals surface area contributed by atoms with Crippen LogP contribution in [0.15, 0.2) is 48.5 Å². The Bertz CT molecular complexity index is 729. The molecule has 2 aromatic rings. The summed E-state index contributed by atoms with van der Waals surface area (Å²) in [5.74, 6) is -0.159. The van der Waals surface area contributed by atoms with E-state index >= 15 is 0 Å². The predicted octanol–water partition coefficient (Wildman–Crippen LogP) is 4.55. The summed E-state index contributed by atoms with van der Waals surface area (Å²) < 4.78 is 13.7. The van der Waals surface area contributed by atoms with Crippen molar-refractivity contribution in [3.63, 3.8) is 0 Å². The molecule has 2 aromatic carbocycles. The van der Waals surface area contributed by atoms with E-state index in [0.717, 1.165) is 24.6 Å². The van der Waals surface area contributed by atoms with Crippen LogP contribution in [0, 0.1) is 11.7 Å². The van der Waals surface area contributed by atoms with Gasteiger partial charge in [0.05, 0.1) is 11.6 Å². The van der Waals surface area contributed by atoms with Gasteiger partial charge in [-0.1, -0.05) is 31.2 Å². The molecular formula is C21H25FN2O. The van der Waals surface area contributed by atoms with Crippen molar-refractivity contribution in [2.75, 3.05) is 18.0 Å². The monoisotopic (exact) mass is 340 g/mol. The largest absolute Gasteiger partial charge is 0.371 e. The fourth-order valence-corrected chi connectivity index (χ4v) is 3.40. The van der Waals surface area contributed by atoms with Crippen LogP contribution in [0.1, 0.15) is 48.7 Å². The quantitative estimate of drug-likeness (QED) is 0.885. The lowest BCUT2D eigenvalue weighted by atomic mass is 9.99. The summed E-state index contributed by atoms with van der Waals surface area (Å²) in [6.45, 7) is 6.40. The highest BCUT2D eigenvalue weighted by Crippen LogP contribution is 2.24. The molecule has 1 amide bonds. The second-order valence-electron chi connectivity index (χ2n) is 6.96. The fraction of sp³-hybridized carbons (Fsp3) is 0.381. The minimum atomic E-state index is -0.498. The number of anilines is 1. The fourth-order valence-electron chi connectivity index (χ4n) is 3.40. The lowest BCUT2D eigenvalue weighted by Gasteiger charge is -2.33. The Kier molecular flexibility index (Phi) is 5.37. The Morgan fingerprint density at radius 1 is 1.20 bits per heavy atom. The Morgan fingerprint density at radius 2 is 1.92 bits per heavy atom. The van der Waals surface area contributed by atoms with Gasteiger partial charge in [0.25, 0.3) is 5.91 Å². The normalized spacial score (nSPS) is 18.7. The van der Waals surface area contributed by atoms with Crippen molar-refractivity contribution in [3.05, 3.63) is 65.5 Å². The summed E-state index contributed by atoms with van der Waals surface area (Å²) in [7, 11) is 0. The molecular weight excluding hydrogens is 315 g/mol.